The molecule has 224 valence electrons. The lowest BCUT2D eigenvalue weighted by Gasteiger charge is -2.41. The van der Waals surface area contributed by atoms with Crippen molar-refractivity contribution < 1.29 is 13.9 Å². The van der Waals surface area contributed by atoms with Crippen molar-refractivity contribution in [3.8, 4) is 6.01 Å². The number of carbonyl (C=O) groups excluding carboxylic acids is 1. The Balaban J connectivity index is 1.32. The number of hydrogen-bond donors (Lipinski definition) is 0. The van der Waals surface area contributed by atoms with Crippen LogP contribution in [0.2, 0.25) is 0 Å². The summed E-state index contributed by atoms with van der Waals surface area (Å²) in [6.45, 7) is 16.6. The SMILES string of the molecule is [C-]#[N+]CC1CN(c2nc(OC[C@@H]3CC(C)(F)CN3C)nc3c2CCN(c2cccc4ccccc24)C3)CCN1C(=O)C=C. The number of ether oxygens (including phenoxy) is 1. The van der Waals surface area contributed by atoms with Crippen molar-refractivity contribution in [2.75, 3.05) is 62.7 Å². The number of piperazine rings is 1. The predicted octanol–water partition coefficient (Wildman–Crippen LogP) is 4.13. The second-order valence-corrected chi connectivity index (χ2v) is 12.1. The zero-order chi connectivity index (χ0) is 30.1. The Hall–Kier alpha value is -4.23. The Kier molecular flexibility index (Phi) is 7.93. The van der Waals surface area contributed by atoms with E-state index in [0.717, 1.165) is 35.7 Å². The molecule has 3 aromatic rings. The normalized spacial score (nSPS) is 24.1. The van der Waals surface area contributed by atoms with E-state index in [4.69, 9.17) is 21.3 Å². The molecule has 4 heterocycles. The van der Waals surface area contributed by atoms with Crippen LogP contribution in [0, 0.1) is 6.57 Å². The number of nitrogens with zero attached hydrogens (tertiary/aromatic N) is 7. The number of carbonyl (C=O) groups is 1. The highest BCUT2D eigenvalue weighted by molar-refractivity contribution is 5.94. The number of hydrogen-bond acceptors (Lipinski definition) is 7. The number of rotatable bonds is 7. The third-order valence-corrected chi connectivity index (χ3v) is 8.94. The molecule has 1 aromatic heterocycles. The van der Waals surface area contributed by atoms with Gasteiger partial charge in [0.1, 0.15) is 24.1 Å². The molecule has 43 heavy (non-hydrogen) atoms. The van der Waals surface area contributed by atoms with Crippen molar-refractivity contribution in [2.24, 2.45) is 0 Å². The summed E-state index contributed by atoms with van der Waals surface area (Å²) in [5.41, 5.74) is 1.89. The van der Waals surface area contributed by atoms with E-state index in [0.29, 0.717) is 45.8 Å². The molecule has 0 saturated carbocycles. The Morgan fingerprint density at radius 1 is 1.16 bits per heavy atom. The van der Waals surface area contributed by atoms with Gasteiger partial charge in [0.15, 0.2) is 0 Å². The lowest BCUT2D eigenvalue weighted by molar-refractivity contribution is -0.128. The van der Waals surface area contributed by atoms with Gasteiger partial charge in [-0.3, -0.25) is 9.69 Å². The van der Waals surface area contributed by atoms with Crippen LogP contribution in [-0.2, 0) is 17.8 Å². The van der Waals surface area contributed by atoms with Gasteiger partial charge in [0, 0.05) is 61.8 Å². The van der Waals surface area contributed by atoms with Gasteiger partial charge >= 0.3 is 6.01 Å². The first-order chi connectivity index (χ1) is 20.8. The smallest absolute Gasteiger partial charge is 0.318 e. The van der Waals surface area contributed by atoms with Crippen LogP contribution in [-0.4, -0.2) is 96.4 Å². The van der Waals surface area contributed by atoms with Crippen LogP contribution in [0.5, 0.6) is 6.01 Å². The monoisotopic (exact) mass is 583 g/mol. The fourth-order valence-corrected chi connectivity index (χ4v) is 6.84. The van der Waals surface area contributed by atoms with Crippen molar-refractivity contribution in [1.82, 2.24) is 19.8 Å². The van der Waals surface area contributed by atoms with E-state index in [1.54, 1.807) is 11.8 Å². The molecule has 2 unspecified atom stereocenters. The van der Waals surface area contributed by atoms with Crippen molar-refractivity contribution in [2.45, 2.75) is 44.1 Å². The molecule has 0 N–H and O–H groups in total. The van der Waals surface area contributed by atoms with E-state index >= 15 is 0 Å². The Bertz CT molecular complexity index is 1570. The minimum Gasteiger partial charge on any atom is -0.462 e. The maximum atomic E-state index is 14.7. The summed E-state index contributed by atoms with van der Waals surface area (Å²) in [4.78, 5) is 34.2. The van der Waals surface area contributed by atoms with E-state index < -0.39 is 5.67 Å². The number of anilines is 2. The molecular weight excluding hydrogens is 545 g/mol. The molecule has 2 fully saturated rings. The maximum Gasteiger partial charge on any atom is 0.318 e. The largest absolute Gasteiger partial charge is 0.462 e. The molecule has 0 radical (unpaired) electrons. The number of likely N-dealkylation sites (tertiary alicyclic amines) is 1. The van der Waals surface area contributed by atoms with E-state index in [1.165, 1.54) is 16.8 Å². The number of fused-ring (bicyclic) bond motifs is 2. The van der Waals surface area contributed by atoms with Crippen LogP contribution in [0.3, 0.4) is 0 Å². The summed E-state index contributed by atoms with van der Waals surface area (Å²) in [5.74, 6) is 0.640. The fourth-order valence-electron chi connectivity index (χ4n) is 6.84. The minimum absolute atomic E-state index is 0.0678. The molecule has 2 saturated heterocycles. The molecule has 10 heteroatoms. The molecule has 0 spiro atoms. The standard InChI is InChI=1S/C33H38FN7O2/c1-5-30(42)41-16-15-40(19-25(41)18-35-3)31-27-13-14-39(29-12-8-10-23-9-6-7-11-26(23)29)20-28(27)36-32(37-31)43-21-24-17-33(2,34)22-38(24)4/h5-12,24-25H,1,13-22H2,2,4H3/t24-,25?,33?/m0/s1. The number of aromatic nitrogens is 2. The second-order valence-electron chi connectivity index (χ2n) is 12.1. The lowest BCUT2D eigenvalue weighted by Crippen LogP contribution is -2.56. The topological polar surface area (TPSA) is 69.4 Å². The summed E-state index contributed by atoms with van der Waals surface area (Å²) in [7, 11) is 1.92. The zero-order valence-corrected chi connectivity index (χ0v) is 24.9. The molecule has 6 rings (SSSR count). The van der Waals surface area contributed by atoms with Crippen molar-refractivity contribution in [3.63, 3.8) is 0 Å². The second kappa shape index (κ2) is 11.8. The molecular formula is C33H38FN7O2. The van der Waals surface area contributed by atoms with Gasteiger partial charge in [0.25, 0.3) is 0 Å². The van der Waals surface area contributed by atoms with Crippen molar-refractivity contribution in [1.29, 1.82) is 0 Å². The van der Waals surface area contributed by atoms with Gasteiger partial charge in [-0.1, -0.05) is 43.0 Å². The van der Waals surface area contributed by atoms with E-state index in [-0.39, 0.29) is 30.5 Å². The summed E-state index contributed by atoms with van der Waals surface area (Å²) in [6.07, 6.45) is 2.46. The molecule has 1 amide bonds. The van der Waals surface area contributed by atoms with Crippen LogP contribution in [0.25, 0.3) is 15.6 Å². The third kappa shape index (κ3) is 5.87. The Morgan fingerprint density at radius 3 is 2.74 bits per heavy atom. The summed E-state index contributed by atoms with van der Waals surface area (Å²) >= 11 is 0. The van der Waals surface area contributed by atoms with Crippen LogP contribution in [0.4, 0.5) is 15.9 Å². The molecule has 9 nitrogen and oxygen atoms in total. The zero-order valence-electron chi connectivity index (χ0n) is 24.9. The van der Waals surface area contributed by atoms with Crippen LogP contribution in [0.15, 0.2) is 55.1 Å². The molecule has 0 aliphatic carbocycles. The number of benzene rings is 2. The summed E-state index contributed by atoms with van der Waals surface area (Å²) in [6, 6.07) is 14.7. The van der Waals surface area contributed by atoms with E-state index in [2.05, 4.69) is 63.7 Å². The number of alkyl halides is 1. The van der Waals surface area contributed by atoms with Crippen molar-refractivity contribution in [3.05, 3.63) is 77.8 Å². The molecule has 3 atom stereocenters. The van der Waals surface area contributed by atoms with Gasteiger partial charge in [0.2, 0.25) is 12.5 Å². The lowest BCUT2D eigenvalue weighted by atomic mass is 10.0. The highest BCUT2D eigenvalue weighted by Crippen LogP contribution is 2.35. The first-order valence-corrected chi connectivity index (χ1v) is 14.9. The third-order valence-electron chi connectivity index (χ3n) is 8.94. The van der Waals surface area contributed by atoms with Crippen molar-refractivity contribution >= 4 is 28.2 Å². The Labute approximate surface area is 252 Å². The van der Waals surface area contributed by atoms with E-state index in [1.807, 2.05) is 11.9 Å². The highest BCUT2D eigenvalue weighted by atomic mass is 19.1. The van der Waals surface area contributed by atoms with Gasteiger partial charge in [-0.15, -0.1) is 0 Å². The molecule has 2 aromatic carbocycles. The summed E-state index contributed by atoms with van der Waals surface area (Å²) in [5, 5.41) is 2.39. The number of likely N-dealkylation sites (N-methyl/N-ethyl adjacent to an activating group) is 1. The van der Waals surface area contributed by atoms with Gasteiger partial charge in [-0.2, -0.15) is 9.97 Å². The highest BCUT2D eigenvalue weighted by Gasteiger charge is 2.40. The quantitative estimate of drug-likeness (QED) is 0.306. The summed E-state index contributed by atoms with van der Waals surface area (Å²) < 4.78 is 20.9. The van der Waals surface area contributed by atoms with Crippen LogP contribution in [0.1, 0.15) is 24.6 Å². The average Bonchev–Trinajstić information content (AvgIpc) is 3.29. The predicted molar refractivity (Wildman–Crippen MR) is 166 cm³/mol. The fraction of sp³-hybridized carbons (Fsp3) is 0.455. The molecule has 3 aliphatic rings. The van der Waals surface area contributed by atoms with Gasteiger partial charge in [-0.25, -0.2) is 11.0 Å². The number of amides is 1. The van der Waals surface area contributed by atoms with Crippen LogP contribution >= 0.6 is 0 Å². The first kappa shape index (κ1) is 28.9. The number of halogens is 1. The van der Waals surface area contributed by atoms with Crippen LogP contribution < -0.4 is 14.5 Å². The minimum atomic E-state index is -1.25. The first-order valence-electron chi connectivity index (χ1n) is 14.9. The van der Waals surface area contributed by atoms with Gasteiger partial charge in [0.05, 0.1) is 12.2 Å². The van der Waals surface area contributed by atoms with Gasteiger partial charge in [-0.05, 0) is 37.9 Å². The van der Waals surface area contributed by atoms with E-state index in [9.17, 15) is 9.18 Å². The molecule has 0 bridgehead atoms. The average molecular weight is 584 g/mol. The van der Waals surface area contributed by atoms with Gasteiger partial charge < -0.3 is 24.3 Å². The molecule has 3 aliphatic heterocycles. The Morgan fingerprint density at radius 2 is 1.98 bits per heavy atom. The maximum absolute atomic E-state index is 14.7.